The Kier molecular flexibility index (Phi) is 9.82. The normalized spacial score (nSPS) is 12.8. The first-order valence-corrected chi connectivity index (χ1v) is 22.8. The Balaban J connectivity index is 1.44. The van der Waals surface area contributed by atoms with Gasteiger partial charge < -0.3 is 9.97 Å². The van der Waals surface area contributed by atoms with Crippen LogP contribution in [0.1, 0.15) is 33.1 Å². The molecule has 4 aromatic carbocycles. The molecule has 0 aliphatic carbocycles. The lowest BCUT2D eigenvalue weighted by Crippen LogP contribution is -1.97. The Morgan fingerprint density at radius 1 is 0.371 bits per heavy atom. The summed E-state index contributed by atoms with van der Waals surface area (Å²) in [6.45, 7) is 0. The summed E-state index contributed by atoms with van der Waals surface area (Å²) in [6, 6.07) is 31.2. The standard InChI is InChI=1S/C45H30N4O10S3/c50-25-26-1-3-27(4-2-26)42-34-17-19-36(46-34)43(28-5-11-31(12-6-28)60(51,52)53)38-21-23-40(48-38)45(30-9-15-33(16-10-30)62(57,58)59)41-24-22-39(49-41)44(37-20-18-35(42)47-37)29-7-13-32(14-8-29)61(54,55)56/h1-25,46,49H,(H,51,52,53)(H,54,55,56)(H,57,58,59). The van der Waals surface area contributed by atoms with E-state index in [-0.39, 0.29) is 14.7 Å². The van der Waals surface area contributed by atoms with E-state index in [1.54, 1.807) is 78.9 Å². The molecule has 5 N–H and O–H groups in total. The second-order valence-corrected chi connectivity index (χ2v) is 18.5. The Morgan fingerprint density at radius 3 is 0.839 bits per heavy atom. The molecule has 2 aliphatic rings. The molecule has 0 saturated carbocycles. The number of H-pyrrole nitrogens is 2. The van der Waals surface area contributed by atoms with Gasteiger partial charge in [0.25, 0.3) is 30.4 Å². The molecule has 9 rings (SSSR count). The lowest BCUT2D eigenvalue weighted by Gasteiger charge is -2.08. The SMILES string of the molecule is O=Cc1ccc(-c2c3nc(c(-c4ccc(S(=O)(=O)O)cc4)c4ccc([nH]4)c(-c4ccc(S(=O)(=O)O)cc4)c4nc(c(-c5ccc(S(=O)(=O)O)cc5)c5ccc2[nH]5)C=C4)C=C3)cc1. The number of hydrogen-bond donors (Lipinski definition) is 5. The highest BCUT2D eigenvalue weighted by molar-refractivity contribution is 7.86. The second kappa shape index (κ2) is 15.1. The van der Waals surface area contributed by atoms with Crippen LogP contribution in [-0.4, -0.2) is 65.1 Å². The van der Waals surface area contributed by atoms with Crippen molar-refractivity contribution in [1.29, 1.82) is 0 Å². The Hall–Kier alpha value is -7.12. The zero-order chi connectivity index (χ0) is 43.6. The van der Waals surface area contributed by atoms with Crippen LogP contribution in [-0.2, 0) is 30.4 Å². The molecule has 308 valence electrons. The largest absolute Gasteiger partial charge is 0.354 e. The van der Waals surface area contributed by atoms with Gasteiger partial charge in [-0.05, 0) is 107 Å². The molecular weight excluding hydrogens is 853 g/mol. The minimum absolute atomic E-state index is 0.303. The molecule has 62 heavy (non-hydrogen) atoms. The van der Waals surface area contributed by atoms with Gasteiger partial charge in [0.2, 0.25) is 0 Å². The van der Waals surface area contributed by atoms with Gasteiger partial charge in [-0.25, -0.2) is 9.97 Å². The van der Waals surface area contributed by atoms with Gasteiger partial charge in [-0.2, -0.15) is 25.3 Å². The molecule has 2 aliphatic heterocycles. The number of fused-ring (bicyclic) bond motifs is 8. The number of nitrogens with one attached hydrogen (secondary N) is 2. The zero-order valence-corrected chi connectivity index (χ0v) is 34.2. The van der Waals surface area contributed by atoms with Crippen LogP contribution in [0.3, 0.4) is 0 Å². The van der Waals surface area contributed by atoms with E-state index in [2.05, 4.69) is 9.97 Å². The first-order valence-electron chi connectivity index (χ1n) is 18.5. The fourth-order valence-corrected chi connectivity index (χ4v) is 8.97. The summed E-state index contributed by atoms with van der Waals surface area (Å²) in [5.41, 5.74) is 9.22. The van der Waals surface area contributed by atoms with Gasteiger partial charge >= 0.3 is 0 Å². The van der Waals surface area contributed by atoms with Crippen LogP contribution in [0, 0.1) is 0 Å². The summed E-state index contributed by atoms with van der Waals surface area (Å²) in [6.07, 6.45) is 7.92. The Morgan fingerprint density at radius 2 is 0.613 bits per heavy atom. The predicted octanol–water partition coefficient (Wildman–Crippen LogP) is 8.88. The van der Waals surface area contributed by atoms with Crippen molar-refractivity contribution in [2.24, 2.45) is 0 Å². The molecule has 0 unspecified atom stereocenters. The zero-order valence-electron chi connectivity index (χ0n) is 31.8. The van der Waals surface area contributed by atoms with Crippen molar-refractivity contribution in [3.05, 3.63) is 150 Å². The molecule has 14 nitrogen and oxygen atoms in total. The Bertz CT molecular complexity index is 3500. The molecule has 0 radical (unpaired) electrons. The van der Waals surface area contributed by atoms with Crippen molar-refractivity contribution in [2.45, 2.75) is 14.7 Å². The maximum atomic E-state index is 12.0. The van der Waals surface area contributed by atoms with Gasteiger partial charge in [0.05, 0.1) is 37.5 Å². The van der Waals surface area contributed by atoms with Crippen LogP contribution >= 0.6 is 0 Å². The number of rotatable bonds is 8. The number of aromatic amines is 2. The number of benzene rings is 4. The molecule has 7 aromatic rings. The van der Waals surface area contributed by atoms with Gasteiger partial charge in [-0.3, -0.25) is 18.5 Å². The molecule has 0 atom stereocenters. The number of carbonyl (C=O) groups is 1. The average molecular weight is 883 g/mol. The molecule has 3 aromatic heterocycles. The predicted molar refractivity (Wildman–Crippen MR) is 235 cm³/mol. The highest BCUT2D eigenvalue weighted by atomic mass is 32.2. The third-order valence-corrected chi connectivity index (χ3v) is 13.0. The van der Waals surface area contributed by atoms with E-state index >= 15 is 0 Å². The van der Waals surface area contributed by atoms with E-state index in [0.717, 1.165) is 6.29 Å². The number of aldehydes is 1. The van der Waals surface area contributed by atoms with E-state index in [9.17, 15) is 43.7 Å². The van der Waals surface area contributed by atoms with Crippen LogP contribution in [0.25, 0.3) is 90.9 Å². The van der Waals surface area contributed by atoms with E-state index in [0.29, 0.717) is 94.9 Å². The smallest absolute Gasteiger partial charge is 0.294 e. The van der Waals surface area contributed by atoms with Crippen LogP contribution < -0.4 is 0 Å². The number of aromatic nitrogens is 4. The highest BCUT2D eigenvalue weighted by Gasteiger charge is 2.21. The fourth-order valence-electron chi connectivity index (χ4n) is 7.53. The summed E-state index contributed by atoms with van der Waals surface area (Å²) in [5, 5.41) is 0. The summed E-state index contributed by atoms with van der Waals surface area (Å²) in [4.78, 5) is 27.9. The third kappa shape index (κ3) is 7.60. The number of carbonyl (C=O) groups excluding carboxylic acids is 1. The van der Waals surface area contributed by atoms with Crippen LogP contribution in [0.15, 0.2) is 136 Å². The lowest BCUT2D eigenvalue weighted by atomic mass is 10.0. The quantitative estimate of drug-likeness (QED) is 0.0711. The molecule has 8 bridgehead atoms. The van der Waals surface area contributed by atoms with Crippen molar-refractivity contribution in [3.8, 4) is 44.5 Å². The summed E-state index contributed by atoms with van der Waals surface area (Å²) in [5.74, 6) is 0. The van der Waals surface area contributed by atoms with E-state index in [1.165, 1.54) is 48.5 Å². The molecule has 0 amide bonds. The van der Waals surface area contributed by atoms with Gasteiger partial charge in [-0.1, -0.05) is 60.7 Å². The minimum Gasteiger partial charge on any atom is -0.354 e. The number of hydrogen-bond acceptors (Lipinski definition) is 9. The molecule has 0 saturated heterocycles. The maximum absolute atomic E-state index is 12.0. The van der Waals surface area contributed by atoms with Crippen molar-refractivity contribution in [1.82, 2.24) is 19.9 Å². The second-order valence-electron chi connectivity index (χ2n) is 14.2. The first kappa shape index (κ1) is 40.3. The molecule has 0 spiro atoms. The van der Waals surface area contributed by atoms with Crippen molar-refractivity contribution >= 4 is 83.0 Å². The topological polar surface area (TPSA) is 238 Å². The van der Waals surface area contributed by atoms with Crippen LogP contribution in [0.5, 0.6) is 0 Å². The minimum atomic E-state index is -4.52. The third-order valence-electron chi connectivity index (χ3n) is 10.4. The molecule has 17 heteroatoms. The van der Waals surface area contributed by atoms with Gasteiger partial charge in [0.15, 0.2) is 0 Å². The summed E-state index contributed by atoms with van der Waals surface area (Å²) < 4.78 is 101. The van der Waals surface area contributed by atoms with Gasteiger partial charge in [0, 0.05) is 49.9 Å². The van der Waals surface area contributed by atoms with Crippen LogP contribution in [0.4, 0.5) is 0 Å². The van der Waals surface area contributed by atoms with Crippen molar-refractivity contribution in [2.75, 3.05) is 0 Å². The highest BCUT2D eigenvalue weighted by Crippen LogP contribution is 2.39. The van der Waals surface area contributed by atoms with Crippen molar-refractivity contribution < 1.29 is 43.7 Å². The van der Waals surface area contributed by atoms with Gasteiger partial charge in [0.1, 0.15) is 6.29 Å². The molecule has 0 fully saturated rings. The summed E-state index contributed by atoms with van der Waals surface area (Å²) in [7, 11) is -13.5. The van der Waals surface area contributed by atoms with E-state index < -0.39 is 30.4 Å². The number of nitrogens with zero attached hydrogens (tertiary/aromatic N) is 2. The summed E-state index contributed by atoms with van der Waals surface area (Å²) >= 11 is 0. The van der Waals surface area contributed by atoms with E-state index in [1.807, 2.05) is 18.2 Å². The monoisotopic (exact) mass is 882 g/mol. The first-order chi connectivity index (χ1) is 29.5. The average Bonchev–Trinajstić information content (AvgIpc) is 4.09. The fraction of sp³-hybridized carbons (Fsp3) is 0. The van der Waals surface area contributed by atoms with Gasteiger partial charge in [-0.15, -0.1) is 0 Å². The molecule has 5 heterocycles. The van der Waals surface area contributed by atoms with Crippen molar-refractivity contribution in [3.63, 3.8) is 0 Å². The van der Waals surface area contributed by atoms with E-state index in [4.69, 9.17) is 9.97 Å². The van der Waals surface area contributed by atoms with Crippen LogP contribution in [0.2, 0.25) is 0 Å². The Labute approximate surface area is 353 Å². The maximum Gasteiger partial charge on any atom is 0.294 e. The molecular formula is C45H30N4O10S3. The lowest BCUT2D eigenvalue weighted by molar-refractivity contribution is 0.112.